The van der Waals surface area contributed by atoms with E-state index in [1.165, 1.54) is 48.8 Å². The van der Waals surface area contributed by atoms with Gasteiger partial charge in [-0.05, 0) is 79.8 Å². The Morgan fingerprint density at radius 1 is 0.333 bits per heavy atom. The van der Waals surface area contributed by atoms with Gasteiger partial charge in [0, 0.05) is 27.2 Å². The van der Waals surface area contributed by atoms with Gasteiger partial charge in [-0.1, -0.05) is 140 Å². The van der Waals surface area contributed by atoms with Gasteiger partial charge < -0.3 is 9.32 Å². The second kappa shape index (κ2) is 10.6. The van der Waals surface area contributed by atoms with Crippen LogP contribution in [0, 0.1) is 0 Å². The number of hydrogen-bond acceptors (Lipinski definition) is 2. The van der Waals surface area contributed by atoms with Gasteiger partial charge in [0.15, 0.2) is 5.58 Å². The summed E-state index contributed by atoms with van der Waals surface area (Å²) in [5.41, 5.74) is 7.40. The fraction of sp³-hybridized carbons (Fsp3) is 0. The molecule has 0 bridgehead atoms. The second-order valence-electron chi connectivity index (χ2n) is 12.5. The zero-order chi connectivity index (χ0) is 31.6. The molecule has 1 heterocycles. The smallest absolute Gasteiger partial charge is 0.159 e. The first-order valence-electron chi connectivity index (χ1n) is 16.4. The summed E-state index contributed by atoms with van der Waals surface area (Å²) in [4.78, 5) is 2.36. The Kier molecular flexibility index (Phi) is 5.91. The average molecular weight is 612 g/mol. The Labute approximate surface area is 277 Å². The largest absolute Gasteiger partial charge is 0.453 e. The number of benzene rings is 9. The standard InChI is InChI=1S/C46H29NO/c1-5-16-36-30(11-1)14-9-21-43(36)47(44-22-10-20-40-41-28-25-31-12-2-6-17-37(31)45(41)48-46(40)44)34-26-23-32(24-27-34)42-29-33-13-3-4-15-35(33)38-18-7-8-19-39(38)42/h1-29H. The SMILES string of the molecule is c1ccc2c(N(c3ccc(-c4cc5ccccc5c5ccccc45)cc3)c3cccc4c3oc3c5ccccc5ccc43)cccc2c1. The summed E-state index contributed by atoms with van der Waals surface area (Å²) in [6.45, 7) is 0. The van der Waals surface area contributed by atoms with Gasteiger partial charge in [0.1, 0.15) is 5.58 Å². The first-order chi connectivity index (χ1) is 23.8. The van der Waals surface area contributed by atoms with E-state index >= 15 is 0 Å². The predicted molar refractivity (Wildman–Crippen MR) is 204 cm³/mol. The van der Waals surface area contributed by atoms with Gasteiger partial charge in [-0.15, -0.1) is 0 Å². The molecule has 0 unspecified atom stereocenters. The highest BCUT2D eigenvalue weighted by Gasteiger charge is 2.22. The van der Waals surface area contributed by atoms with Crippen molar-refractivity contribution < 1.29 is 4.42 Å². The van der Waals surface area contributed by atoms with Gasteiger partial charge in [0.2, 0.25) is 0 Å². The zero-order valence-electron chi connectivity index (χ0n) is 26.1. The molecule has 0 N–H and O–H groups in total. The Balaban J connectivity index is 1.21. The highest BCUT2D eigenvalue weighted by atomic mass is 16.3. The van der Waals surface area contributed by atoms with E-state index in [1.807, 2.05) is 0 Å². The zero-order valence-corrected chi connectivity index (χ0v) is 26.1. The van der Waals surface area contributed by atoms with Crippen LogP contribution in [0.4, 0.5) is 17.1 Å². The lowest BCUT2D eigenvalue weighted by Gasteiger charge is -2.27. The predicted octanol–water partition coefficient (Wildman–Crippen LogP) is 13.3. The first kappa shape index (κ1) is 26.8. The Morgan fingerprint density at radius 3 is 1.71 bits per heavy atom. The van der Waals surface area contributed by atoms with E-state index < -0.39 is 0 Å². The molecule has 0 fully saturated rings. The number of fused-ring (bicyclic) bond motifs is 9. The van der Waals surface area contributed by atoms with Gasteiger partial charge in [-0.3, -0.25) is 0 Å². The van der Waals surface area contributed by atoms with E-state index in [4.69, 9.17) is 4.42 Å². The lowest BCUT2D eigenvalue weighted by molar-refractivity contribution is 0.673. The Hall–Kier alpha value is -6.38. The van der Waals surface area contributed by atoms with E-state index in [-0.39, 0.29) is 0 Å². The molecule has 0 aliphatic rings. The van der Waals surface area contributed by atoms with Gasteiger partial charge in [-0.25, -0.2) is 0 Å². The Morgan fingerprint density at radius 2 is 0.896 bits per heavy atom. The summed E-state index contributed by atoms with van der Waals surface area (Å²) in [5, 5.41) is 12.0. The van der Waals surface area contributed by atoms with Crippen LogP contribution in [0.3, 0.4) is 0 Å². The highest BCUT2D eigenvalue weighted by Crippen LogP contribution is 2.46. The van der Waals surface area contributed by atoms with Crippen LogP contribution in [-0.2, 0) is 0 Å². The van der Waals surface area contributed by atoms with Crippen molar-refractivity contribution in [2.45, 2.75) is 0 Å². The van der Waals surface area contributed by atoms with Crippen molar-refractivity contribution in [2.24, 2.45) is 0 Å². The molecule has 0 atom stereocenters. The fourth-order valence-corrected chi connectivity index (χ4v) is 7.58. The van der Waals surface area contributed by atoms with Crippen molar-refractivity contribution in [3.63, 3.8) is 0 Å². The monoisotopic (exact) mass is 611 g/mol. The van der Waals surface area contributed by atoms with Crippen LogP contribution in [0.15, 0.2) is 180 Å². The molecule has 2 heteroatoms. The average Bonchev–Trinajstić information content (AvgIpc) is 3.55. The van der Waals surface area contributed by atoms with Gasteiger partial charge in [-0.2, -0.15) is 0 Å². The van der Waals surface area contributed by atoms with Crippen LogP contribution in [-0.4, -0.2) is 0 Å². The normalized spacial score (nSPS) is 11.8. The summed E-state index contributed by atoms with van der Waals surface area (Å²) in [6.07, 6.45) is 0. The second-order valence-corrected chi connectivity index (χ2v) is 12.5. The van der Waals surface area contributed by atoms with Crippen LogP contribution >= 0.6 is 0 Å². The molecule has 9 aromatic carbocycles. The molecule has 10 rings (SSSR count). The lowest BCUT2D eigenvalue weighted by atomic mass is 9.93. The maximum atomic E-state index is 6.87. The minimum absolute atomic E-state index is 0.876. The third-order valence-electron chi connectivity index (χ3n) is 9.82. The van der Waals surface area contributed by atoms with Gasteiger partial charge >= 0.3 is 0 Å². The van der Waals surface area contributed by atoms with E-state index in [0.717, 1.165) is 44.4 Å². The first-order valence-corrected chi connectivity index (χ1v) is 16.4. The maximum absolute atomic E-state index is 6.87. The lowest BCUT2D eigenvalue weighted by Crippen LogP contribution is -2.10. The van der Waals surface area contributed by atoms with E-state index in [0.29, 0.717) is 0 Å². The molecule has 0 amide bonds. The minimum Gasteiger partial charge on any atom is -0.453 e. The molecule has 0 aliphatic heterocycles. The highest BCUT2D eigenvalue weighted by molar-refractivity contribution is 6.18. The van der Waals surface area contributed by atoms with Crippen molar-refractivity contribution >= 4 is 82.1 Å². The summed E-state index contributed by atoms with van der Waals surface area (Å²) < 4.78 is 6.87. The van der Waals surface area contributed by atoms with Crippen LogP contribution in [0.1, 0.15) is 0 Å². The molecule has 0 saturated carbocycles. The topological polar surface area (TPSA) is 16.4 Å². The molecule has 0 saturated heterocycles. The molecule has 2 nitrogen and oxygen atoms in total. The molecule has 0 aliphatic carbocycles. The van der Waals surface area contributed by atoms with Crippen molar-refractivity contribution in [1.29, 1.82) is 0 Å². The van der Waals surface area contributed by atoms with Gasteiger partial charge in [0.05, 0.1) is 11.4 Å². The number of anilines is 3. The van der Waals surface area contributed by atoms with Gasteiger partial charge in [0.25, 0.3) is 0 Å². The molecule has 48 heavy (non-hydrogen) atoms. The van der Waals surface area contributed by atoms with Crippen LogP contribution in [0.2, 0.25) is 0 Å². The molecule has 10 aromatic rings. The van der Waals surface area contributed by atoms with Crippen molar-refractivity contribution in [1.82, 2.24) is 0 Å². The summed E-state index contributed by atoms with van der Waals surface area (Å²) in [6, 6.07) is 63.2. The summed E-state index contributed by atoms with van der Waals surface area (Å²) in [5.74, 6) is 0. The van der Waals surface area contributed by atoms with Crippen molar-refractivity contribution in [2.75, 3.05) is 4.90 Å². The molecular weight excluding hydrogens is 583 g/mol. The van der Waals surface area contributed by atoms with E-state index in [9.17, 15) is 0 Å². The van der Waals surface area contributed by atoms with Crippen LogP contribution < -0.4 is 4.90 Å². The van der Waals surface area contributed by atoms with Crippen molar-refractivity contribution in [3.8, 4) is 11.1 Å². The quantitative estimate of drug-likeness (QED) is 0.184. The van der Waals surface area contributed by atoms with Crippen LogP contribution in [0.25, 0.3) is 76.2 Å². The summed E-state index contributed by atoms with van der Waals surface area (Å²) in [7, 11) is 0. The molecule has 1 aromatic heterocycles. The molecule has 224 valence electrons. The number of rotatable bonds is 4. The minimum atomic E-state index is 0.876. The maximum Gasteiger partial charge on any atom is 0.159 e. The summed E-state index contributed by atoms with van der Waals surface area (Å²) >= 11 is 0. The van der Waals surface area contributed by atoms with E-state index in [1.54, 1.807) is 0 Å². The molecule has 0 radical (unpaired) electrons. The third-order valence-corrected chi connectivity index (χ3v) is 9.82. The number of para-hydroxylation sites is 1. The molecular formula is C46H29NO. The number of hydrogen-bond donors (Lipinski definition) is 0. The fourth-order valence-electron chi connectivity index (χ4n) is 7.58. The Bertz CT molecular complexity index is 2840. The number of furan rings is 1. The number of nitrogens with zero attached hydrogens (tertiary/aromatic N) is 1. The van der Waals surface area contributed by atoms with Crippen LogP contribution in [0.5, 0.6) is 0 Å². The van der Waals surface area contributed by atoms with E-state index in [2.05, 4.69) is 181 Å². The van der Waals surface area contributed by atoms with Crippen molar-refractivity contribution in [3.05, 3.63) is 176 Å². The molecule has 0 spiro atoms. The third kappa shape index (κ3) is 4.06.